The van der Waals surface area contributed by atoms with E-state index in [-0.39, 0.29) is 28.7 Å². The number of rotatable bonds is 6. The van der Waals surface area contributed by atoms with Gasteiger partial charge in [0, 0.05) is 15.9 Å². The highest BCUT2D eigenvalue weighted by Crippen LogP contribution is 2.44. The van der Waals surface area contributed by atoms with Crippen LogP contribution in [0.1, 0.15) is 0 Å². The largest absolute Gasteiger partial charge is 0.507 e. The summed E-state index contributed by atoms with van der Waals surface area (Å²) >= 11 is 6.56. The second-order valence-electron chi connectivity index (χ2n) is 7.73. The van der Waals surface area contributed by atoms with Crippen LogP contribution in [0.15, 0.2) is 93.9 Å². The van der Waals surface area contributed by atoms with Crippen LogP contribution in [-0.4, -0.2) is 42.8 Å². The number of fused-ring (bicyclic) bond motifs is 2. The lowest BCUT2D eigenvalue weighted by Crippen LogP contribution is -2.48. The molecule has 0 saturated heterocycles. The summed E-state index contributed by atoms with van der Waals surface area (Å²) in [6.45, 7) is 4.29. The van der Waals surface area contributed by atoms with Crippen molar-refractivity contribution < 1.29 is 9.90 Å². The molecule has 34 heavy (non-hydrogen) atoms. The maximum Gasteiger partial charge on any atom is 0.238 e. The van der Waals surface area contributed by atoms with Crippen LogP contribution < -0.4 is 4.90 Å². The smallest absolute Gasteiger partial charge is 0.238 e. The zero-order valence-corrected chi connectivity index (χ0v) is 21.3. The molecular weight excluding hydrogens is 532 g/mol. The van der Waals surface area contributed by atoms with E-state index in [1.54, 1.807) is 36.0 Å². The van der Waals surface area contributed by atoms with Crippen LogP contribution >= 0.6 is 39.5 Å². The van der Waals surface area contributed by atoms with Gasteiger partial charge >= 0.3 is 0 Å². The molecule has 1 aliphatic carbocycles. The molecule has 2 aromatic carbocycles. The summed E-state index contributed by atoms with van der Waals surface area (Å²) in [5.41, 5.74) is 1.50. The van der Waals surface area contributed by atoms with Crippen LogP contribution in [0.5, 0.6) is 5.75 Å². The fourth-order valence-corrected chi connectivity index (χ4v) is 6.48. The van der Waals surface area contributed by atoms with Gasteiger partial charge in [0.2, 0.25) is 5.91 Å². The van der Waals surface area contributed by atoms with Gasteiger partial charge in [0.25, 0.3) is 0 Å². The van der Waals surface area contributed by atoms with Gasteiger partial charge in [-0.15, -0.1) is 28.5 Å². The first-order valence-corrected chi connectivity index (χ1v) is 13.3. The molecule has 1 aromatic heterocycles. The molecule has 172 valence electrons. The van der Waals surface area contributed by atoms with E-state index >= 15 is 0 Å². The van der Waals surface area contributed by atoms with Crippen molar-refractivity contribution in [2.45, 2.75) is 27.9 Å². The fraction of sp³-hybridized carbons (Fsp3) is 0.160. The van der Waals surface area contributed by atoms with Crippen molar-refractivity contribution in [1.29, 1.82) is 0 Å². The minimum atomic E-state index is -0.0294. The number of carbonyl (C=O) groups is 1. The molecule has 1 N–H and O–H groups in total. The highest BCUT2D eigenvalue weighted by Gasteiger charge is 2.36. The van der Waals surface area contributed by atoms with Crippen LogP contribution in [0.4, 0.5) is 5.69 Å². The van der Waals surface area contributed by atoms with Gasteiger partial charge in [-0.3, -0.25) is 9.36 Å². The van der Waals surface area contributed by atoms with E-state index in [4.69, 9.17) is 0 Å². The van der Waals surface area contributed by atoms with E-state index in [2.05, 4.69) is 50.9 Å². The average molecular weight is 554 g/mol. The predicted molar refractivity (Wildman–Crippen MR) is 141 cm³/mol. The summed E-state index contributed by atoms with van der Waals surface area (Å²) in [6, 6.07) is 13.2. The number of phenols is 1. The van der Waals surface area contributed by atoms with E-state index in [0.29, 0.717) is 23.1 Å². The van der Waals surface area contributed by atoms with E-state index in [1.165, 1.54) is 11.8 Å². The van der Waals surface area contributed by atoms with E-state index in [9.17, 15) is 9.90 Å². The van der Waals surface area contributed by atoms with Crippen LogP contribution in [0.3, 0.4) is 0 Å². The summed E-state index contributed by atoms with van der Waals surface area (Å²) in [7, 11) is 0. The number of phenolic OH excluding ortho intramolecular Hbond substituents is 1. The zero-order chi connectivity index (χ0) is 23.7. The van der Waals surface area contributed by atoms with Crippen molar-refractivity contribution in [2.24, 2.45) is 0 Å². The van der Waals surface area contributed by atoms with Crippen molar-refractivity contribution in [1.82, 2.24) is 14.8 Å². The Morgan fingerprint density at radius 3 is 2.88 bits per heavy atom. The number of para-hydroxylation sites is 1. The molecule has 9 heteroatoms. The van der Waals surface area contributed by atoms with Crippen molar-refractivity contribution >= 4 is 51.0 Å². The van der Waals surface area contributed by atoms with Gasteiger partial charge in [0.15, 0.2) is 11.0 Å². The Morgan fingerprint density at radius 1 is 1.21 bits per heavy atom. The van der Waals surface area contributed by atoms with Crippen LogP contribution in [0.2, 0.25) is 0 Å². The number of aromatic hydroxyl groups is 1. The second-order valence-corrected chi connectivity index (χ2v) is 10.8. The minimum Gasteiger partial charge on any atom is -0.507 e. The number of benzene rings is 2. The summed E-state index contributed by atoms with van der Waals surface area (Å²) < 4.78 is 2.68. The third-order valence-corrected chi connectivity index (χ3v) is 8.32. The molecule has 2 aliphatic rings. The highest BCUT2D eigenvalue weighted by molar-refractivity contribution is 9.10. The second kappa shape index (κ2) is 9.85. The number of nitrogens with zero attached hydrogens (tertiary/aromatic N) is 4. The molecular formula is C25H21BrN4O2S2. The first-order valence-electron chi connectivity index (χ1n) is 10.7. The van der Waals surface area contributed by atoms with E-state index in [1.807, 2.05) is 39.8 Å². The van der Waals surface area contributed by atoms with Crippen molar-refractivity contribution in [2.75, 3.05) is 10.7 Å². The Hall–Kier alpha value is -2.75. The van der Waals surface area contributed by atoms with Crippen LogP contribution in [-0.2, 0) is 11.3 Å². The number of aromatic nitrogens is 3. The number of hydrogen-bond acceptors (Lipinski definition) is 6. The van der Waals surface area contributed by atoms with Crippen LogP contribution in [0, 0.1) is 0 Å². The SMILES string of the molecule is C=CCn1c(SCC(=O)N2c3ccccc3S[C@@H]3C=CC=C[C@@H]32)nnc1-c1cc(Br)ccc1O. The molecule has 0 radical (unpaired) electrons. The van der Waals surface area contributed by atoms with Gasteiger partial charge in [0.05, 0.1) is 28.3 Å². The number of allylic oxidation sites excluding steroid dienone is 3. The Balaban J connectivity index is 1.42. The third kappa shape index (κ3) is 4.35. The van der Waals surface area contributed by atoms with Gasteiger partial charge in [-0.2, -0.15) is 0 Å². The Labute approximate surface area is 214 Å². The van der Waals surface area contributed by atoms with Crippen molar-refractivity contribution in [3.63, 3.8) is 0 Å². The molecule has 2 heterocycles. The first kappa shape index (κ1) is 23.0. The Kier molecular flexibility index (Phi) is 6.67. The van der Waals surface area contributed by atoms with Crippen LogP contribution in [0.25, 0.3) is 11.4 Å². The lowest BCUT2D eigenvalue weighted by molar-refractivity contribution is -0.116. The average Bonchev–Trinajstić information content (AvgIpc) is 3.25. The predicted octanol–water partition coefficient (Wildman–Crippen LogP) is 5.69. The minimum absolute atomic E-state index is 0.00714. The Bertz CT molecular complexity index is 1320. The number of halogens is 1. The molecule has 3 aromatic rings. The maximum atomic E-state index is 13.5. The summed E-state index contributed by atoms with van der Waals surface area (Å²) in [4.78, 5) is 16.6. The molecule has 0 saturated carbocycles. The summed E-state index contributed by atoms with van der Waals surface area (Å²) in [5, 5.41) is 19.8. The lowest BCUT2D eigenvalue weighted by Gasteiger charge is -2.40. The number of anilines is 1. The molecule has 0 fully saturated rings. The fourth-order valence-electron chi connectivity index (χ4n) is 4.05. The molecule has 0 unspecified atom stereocenters. The van der Waals surface area contributed by atoms with Gasteiger partial charge in [-0.25, -0.2) is 0 Å². The maximum absolute atomic E-state index is 13.5. The molecule has 2 atom stereocenters. The molecule has 5 rings (SSSR count). The number of thioether (sulfide) groups is 2. The van der Waals surface area contributed by atoms with E-state index < -0.39 is 0 Å². The van der Waals surface area contributed by atoms with Gasteiger partial charge < -0.3 is 10.0 Å². The molecule has 0 bridgehead atoms. The number of hydrogen-bond donors (Lipinski definition) is 1. The standard InChI is InChI=1S/C25H21BrN4O2S2/c1-2-13-29-24(17-14-16(26)11-12-20(17)31)27-28-25(29)33-15-23(32)30-18-7-3-5-9-21(18)34-22-10-6-4-8-19(22)30/h2-12,14,18,21,31H,1,13,15H2/t18-,21+/m0/s1. The topological polar surface area (TPSA) is 71.2 Å². The molecule has 0 spiro atoms. The number of carbonyl (C=O) groups excluding carboxylic acids is 1. The molecule has 1 aliphatic heterocycles. The number of amides is 1. The van der Waals surface area contributed by atoms with Gasteiger partial charge in [-0.05, 0) is 30.3 Å². The normalized spacial score (nSPS) is 18.4. The first-order chi connectivity index (χ1) is 16.6. The lowest BCUT2D eigenvalue weighted by atomic mass is 10.0. The van der Waals surface area contributed by atoms with Crippen molar-refractivity contribution in [3.8, 4) is 17.1 Å². The van der Waals surface area contributed by atoms with Gasteiger partial charge in [-0.1, -0.05) is 70.2 Å². The van der Waals surface area contributed by atoms with Crippen molar-refractivity contribution in [3.05, 3.63) is 83.9 Å². The zero-order valence-electron chi connectivity index (χ0n) is 18.0. The highest BCUT2D eigenvalue weighted by atomic mass is 79.9. The molecule has 1 amide bonds. The Morgan fingerprint density at radius 2 is 2.03 bits per heavy atom. The monoisotopic (exact) mass is 552 g/mol. The third-order valence-electron chi connectivity index (χ3n) is 5.56. The quantitative estimate of drug-likeness (QED) is 0.312. The summed E-state index contributed by atoms with van der Waals surface area (Å²) in [5.74, 6) is 0.847. The molecule has 6 nitrogen and oxygen atoms in total. The summed E-state index contributed by atoms with van der Waals surface area (Å²) in [6.07, 6.45) is 10.0. The van der Waals surface area contributed by atoms with Gasteiger partial charge in [0.1, 0.15) is 5.75 Å². The van der Waals surface area contributed by atoms with E-state index in [0.717, 1.165) is 15.1 Å².